The van der Waals surface area contributed by atoms with Crippen LogP contribution in [-0.2, 0) is 12.8 Å². The van der Waals surface area contributed by atoms with Gasteiger partial charge in [-0.3, -0.25) is 4.90 Å². The molecule has 34 heavy (non-hydrogen) atoms. The van der Waals surface area contributed by atoms with Crippen LogP contribution in [-0.4, -0.2) is 43.2 Å². The quantitative estimate of drug-likeness (QED) is 0.400. The molecule has 0 bridgehead atoms. The lowest BCUT2D eigenvalue weighted by atomic mass is 9.99. The SMILES string of the molecule is CC(C)=CCN(c1ccc(CCc2ccc(F)cc2)cc1)C1CCCN(CC(N)CC(C)C)C1. The number of likely N-dealkylation sites (tertiary alicyclic amines) is 1. The third-order valence-electron chi connectivity index (χ3n) is 6.77. The van der Waals surface area contributed by atoms with Crippen LogP contribution < -0.4 is 10.6 Å². The van der Waals surface area contributed by atoms with E-state index in [1.54, 1.807) is 12.1 Å². The number of nitrogens with zero attached hydrogens (tertiary/aromatic N) is 2. The van der Waals surface area contributed by atoms with E-state index < -0.39 is 0 Å². The minimum Gasteiger partial charge on any atom is -0.364 e. The molecular weight excluding hydrogens is 421 g/mol. The summed E-state index contributed by atoms with van der Waals surface area (Å²) in [5, 5.41) is 0. The van der Waals surface area contributed by atoms with Crippen molar-refractivity contribution < 1.29 is 4.39 Å². The maximum atomic E-state index is 13.2. The van der Waals surface area contributed by atoms with E-state index in [1.165, 1.54) is 35.2 Å². The second-order valence-corrected chi connectivity index (χ2v) is 10.7. The highest BCUT2D eigenvalue weighted by atomic mass is 19.1. The van der Waals surface area contributed by atoms with Gasteiger partial charge in [-0.2, -0.15) is 0 Å². The van der Waals surface area contributed by atoms with Crippen LogP contribution in [0.15, 0.2) is 60.2 Å². The molecule has 1 fully saturated rings. The highest BCUT2D eigenvalue weighted by molar-refractivity contribution is 5.50. The van der Waals surface area contributed by atoms with Crippen LogP contribution in [0.1, 0.15) is 58.1 Å². The third kappa shape index (κ3) is 8.56. The predicted molar refractivity (Wildman–Crippen MR) is 144 cm³/mol. The molecule has 0 aliphatic carbocycles. The lowest BCUT2D eigenvalue weighted by molar-refractivity contribution is 0.188. The first-order valence-electron chi connectivity index (χ1n) is 13.0. The first kappa shape index (κ1) is 26.4. The van der Waals surface area contributed by atoms with Gasteiger partial charge in [-0.25, -0.2) is 4.39 Å². The van der Waals surface area contributed by atoms with E-state index in [-0.39, 0.29) is 11.9 Å². The third-order valence-corrected chi connectivity index (χ3v) is 6.77. The van der Waals surface area contributed by atoms with Crippen LogP contribution in [0.5, 0.6) is 0 Å². The van der Waals surface area contributed by atoms with E-state index in [4.69, 9.17) is 5.73 Å². The molecule has 2 atom stereocenters. The van der Waals surface area contributed by atoms with Gasteiger partial charge in [0.1, 0.15) is 5.82 Å². The number of rotatable bonds is 11. The van der Waals surface area contributed by atoms with E-state index in [0.717, 1.165) is 45.4 Å². The van der Waals surface area contributed by atoms with Crippen molar-refractivity contribution in [3.63, 3.8) is 0 Å². The fraction of sp³-hybridized carbons (Fsp3) is 0.533. The Morgan fingerprint density at radius 2 is 1.68 bits per heavy atom. The number of hydrogen-bond acceptors (Lipinski definition) is 3. The van der Waals surface area contributed by atoms with Gasteiger partial charge in [0.05, 0.1) is 0 Å². The molecule has 0 radical (unpaired) electrons. The van der Waals surface area contributed by atoms with Gasteiger partial charge in [0.15, 0.2) is 0 Å². The zero-order valence-electron chi connectivity index (χ0n) is 21.6. The maximum Gasteiger partial charge on any atom is 0.123 e. The van der Waals surface area contributed by atoms with Crippen molar-refractivity contribution in [2.75, 3.05) is 31.1 Å². The molecule has 2 aromatic carbocycles. The van der Waals surface area contributed by atoms with Crippen molar-refractivity contribution in [2.24, 2.45) is 11.7 Å². The second kappa shape index (κ2) is 13.1. The van der Waals surface area contributed by atoms with E-state index in [2.05, 4.69) is 67.8 Å². The van der Waals surface area contributed by atoms with Crippen LogP contribution in [0.2, 0.25) is 0 Å². The molecule has 1 saturated heterocycles. The molecular formula is C30H44FN3. The highest BCUT2D eigenvalue weighted by Crippen LogP contribution is 2.25. The summed E-state index contributed by atoms with van der Waals surface area (Å²) in [6.45, 7) is 13.0. The summed E-state index contributed by atoms with van der Waals surface area (Å²) in [6, 6.07) is 16.7. The van der Waals surface area contributed by atoms with Crippen LogP contribution in [0, 0.1) is 11.7 Å². The summed E-state index contributed by atoms with van der Waals surface area (Å²) in [5.41, 5.74) is 11.6. The lowest BCUT2D eigenvalue weighted by Crippen LogP contribution is -2.51. The Bertz CT molecular complexity index is 884. The molecule has 1 aliphatic rings. The Kier molecular flexibility index (Phi) is 10.2. The van der Waals surface area contributed by atoms with Crippen molar-refractivity contribution in [1.29, 1.82) is 0 Å². The molecule has 0 aromatic heterocycles. The lowest BCUT2D eigenvalue weighted by Gasteiger charge is -2.41. The van der Waals surface area contributed by atoms with Crippen molar-refractivity contribution in [3.8, 4) is 0 Å². The number of aryl methyl sites for hydroxylation is 2. The van der Waals surface area contributed by atoms with E-state index in [1.807, 2.05) is 12.1 Å². The monoisotopic (exact) mass is 465 g/mol. The Hall–Kier alpha value is -2.17. The van der Waals surface area contributed by atoms with Crippen molar-refractivity contribution in [3.05, 3.63) is 77.1 Å². The van der Waals surface area contributed by atoms with E-state index in [9.17, 15) is 4.39 Å². The smallest absolute Gasteiger partial charge is 0.123 e. The summed E-state index contributed by atoms with van der Waals surface area (Å²) >= 11 is 0. The summed E-state index contributed by atoms with van der Waals surface area (Å²) in [4.78, 5) is 5.16. The molecule has 2 N–H and O–H groups in total. The average Bonchev–Trinajstić information content (AvgIpc) is 2.79. The van der Waals surface area contributed by atoms with E-state index in [0.29, 0.717) is 12.0 Å². The fourth-order valence-corrected chi connectivity index (χ4v) is 5.00. The highest BCUT2D eigenvalue weighted by Gasteiger charge is 2.26. The summed E-state index contributed by atoms with van der Waals surface area (Å²) in [7, 11) is 0. The van der Waals surface area contributed by atoms with Crippen molar-refractivity contribution in [1.82, 2.24) is 4.90 Å². The molecule has 0 saturated carbocycles. The summed E-state index contributed by atoms with van der Waals surface area (Å²) in [6.07, 6.45) is 7.76. The zero-order valence-corrected chi connectivity index (χ0v) is 21.6. The van der Waals surface area contributed by atoms with Crippen molar-refractivity contribution in [2.45, 2.75) is 71.9 Å². The van der Waals surface area contributed by atoms with Gasteiger partial charge in [-0.05, 0) is 93.8 Å². The van der Waals surface area contributed by atoms with Crippen LogP contribution >= 0.6 is 0 Å². The molecule has 0 amide bonds. The van der Waals surface area contributed by atoms with Crippen LogP contribution in [0.3, 0.4) is 0 Å². The molecule has 0 spiro atoms. The number of allylic oxidation sites excluding steroid dienone is 1. The normalized spacial score (nSPS) is 17.6. The largest absolute Gasteiger partial charge is 0.364 e. The minimum absolute atomic E-state index is 0.173. The Labute approximate surface area is 206 Å². The number of halogens is 1. The van der Waals surface area contributed by atoms with Gasteiger partial charge in [-0.1, -0.05) is 49.8 Å². The molecule has 186 valence electrons. The first-order valence-corrected chi connectivity index (χ1v) is 13.0. The van der Waals surface area contributed by atoms with Gasteiger partial charge >= 0.3 is 0 Å². The van der Waals surface area contributed by atoms with Gasteiger partial charge in [0.2, 0.25) is 0 Å². The van der Waals surface area contributed by atoms with Gasteiger partial charge in [-0.15, -0.1) is 0 Å². The fourth-order valence-electron chi connectivity index (χ4n) is 5.00. The Balaban J connectivity index is 1.66. The molecule has 3 rings (SSSR count). The Morgan fingerprint density at radius 1 is 1.06 bits per heavy atom. The number of anilines is 1. The molecule has 1 heterocycles. The molecule has 4 heteroatoms. The standard InChI is InChI=1S/C30H44FN3/c1-23(2)17-19-34(30-6-5-18-33(22-30)21-28(32)20-24(3)4)29-15-11-26(12-16-29)8-7-25-9-13-27(31)14-10-25/h9-17,24,28,30H,5-8,18-22,32H2,1-4H3. The van der Waals surface area contributed by atoms with E-state index >= 15 is 0 Å². The van der Waals surface area contributed by atoms with Crippen LogP contribution in [0.4, 0.5) is 10.1 Å². The summed E-state index contributed by atoms with van der Waals surface area (Å²) < 4.78 is 13.2. The molecule has 2 unspecified atom stereocenters. The summed E-state index contributed by atoms with van der Waals surface area (Å²) in [5.74, 6) is 0.471. The van der Waals surface area contributed by atoms with Gasteiger partial charge in [0, 0.05) is 37.4 Å². The van der Waals surface area contributed by atoms with Gasteiger partial charge in [0.25, 0.3) is 0 Å². The number of piperidine rings is 1. The number of nitrogens with two attached hydrogens (primary N) is 1. The number of benzene rings is 2. The molecule has 1 aliphatic heterocycles. The van der Waals surface area contributed by atoms with Gasteiger partial charge < -0.3 is 10.6 Å². The molecule has 3 nitrogen and oxygen atoms in total. The van der Waals surface area contributed by atoms with Crippen molar-refractivity contribution >= 4 is 5.69 Å². The first-order chi connectivity index (χ1) is 16.3. The maximum absolute atomic E-state index is 13.2. The topological polar surface area (TPSA) is 32.5 Å². The second-order valence-electron chi connectivity index (χ2n) is 10.7. The predicted octanol–water partition coefficient (Wildman–Crippen LogP) is 6.22. The average molecular weight is 466 g/mol. The Morgan fingerprint density at radius 3 is 2.26 bits per heavy atom. The van der Waals surface area contributed by atoms with Crippen LogP contribution in [0.25, 0.3) is 0 Å². The number of hydrogen-bond donors (Lipinski definition) is 1. The zero-order chi connectivity index (χ0) is 24.5. The molecule has 2 aromatic rings. The minimum atomic E-state index is -0.173.